The lowest BCUT2D eigenvalue weighted by molar-refractivity contribution is -0.189. The van der Waals surface area contributed by atoms with Crippen molar-refractivity contribution in [2.45, 2.75) is 112 Å². The molecule has 9 atom stereocenters. The summed E-state index contributed by atoms with van der Waals surface area (Å²) in [6, 6.07) is -0.109. The number of amides is 1. The molecule has 0 aromatic rings. The van der Waals surface area contributed by atoms with E-state index in [9.17, 15) is 24.3 Å². The molecule has 0 aromatic heterocycles. The summed E-state index contributed by atoms with van der Waals surface area (Å²) in [5.41, 5.74) is -0.428. The Bertz CT molecular complexity index is 1250. The molecule has 5 rings (SSSR count). The topological polar surface area (TPSA) is 121 Å². The molecular weight excluding hydrogens is 518 g/mol. The van der Waals surface area contributed by atoms with Crippen LogP contribution in [0.15, 0.2) is 23.8 Å². The van der Waals surface area contributed by atoms with Gasteiger partial charge in [-0.1, -0.05) is 47.1 Å². The molecule has 5 aliphatic rings. The summed E-state index contributed by atoms with van der Waals surface area (Å²) in [6.07, 6.45) is 11.6. The minimum absolute atomic E-state index is 0.0260. The molecule has 226 valence electrons. The first-order valence-electron chi connectivity index (χ1n) is 15.5. The summed E-state index contributed by atoms with van der Waals surface area (Å²) in [5.74, 6) is -1.87. The molecule has 7 heteroatoms. The molecule has 4 fully saturated rings. The number of allylic oxidation sites excluding steroid dienone is 2. The van der Waals surface area contributed by atoms with Crippen LogP contribution in [0.3, 0.4) is 0 Å². The standard InChI is InChI=1S/C34H49NO6/c1-29(2)23-10-13-34(7)27(32(23,5)12-11-24(29)35-25(37)8-9-26(38)39)22(36)18-20-21-19-31(4,28(40)41)15-14-30(21,3)16-17-33(20,34)6/h8-9,18,21,23-24,27H,10-17,19H2,1-7H3,(H,35,37)(H,38,39)(H,40,41)/b9-8-/t21-,23-,24-,27+,30+,31-,32-,33+,34+/m0/s1. The fourth-order valence-electron chi connectivity index (χ4n) is 11.0. The maximum absolute atomic E-state index is 14.5. The molecule has 0 aliphatic heterocycles. The lowest BCUT2D eigenvalue weighted by Gasteiger charge is -2.70. The van der Waals surface area contributed by atoms with Gasteiger partial charge < -0.3 is 15.5 Å². The molecule has 0 heterocycles. The van der Waals surface area contributed by atoms with Gasteiger partial charge in [-0.15, -0.1) is 0 Å². The number of rotatable bonds is 4. The Morgan fingerprint density at radius 1 is 0.878 bits per heavy atom. The first-order chi connectivity index (χ1) is 18.8. The fraction of sp³-hybridized carbons (Fsp3) is 0.765. The van der Waals surface area contributed by atoms with E-state index < -0.39 is 23.3 Å². The van der Waals surface area contributed by atoms with Crippen LogP contribution in [0.25, 0.3) is 0 Å². The number of nitrogens with one attached hydrogen (secondary N) is 1. The van der Waals surface area contributed by atoms with Crippen LogP contribution in [0.4, 0.5) is 0 Å². The SMILES string of the molecule is CC1(C)[C@@H](NC(=O)/C=C\C(=O)O)CC[C@]2(C)[C@H]3C(=O)C=C4[C@@H]5C[C@@](C)(C(=O)O)CC[C@]5(C)CC[C@@]4(C)[C@]3(C)CC[C@@H]12. The van der Waals surface area contributed by atoms with Crippen LogP contribution in [0.2, 0.25) is 0 Å². The molecule has 41 heavy (non-hydrogen) atoms. The Labute approximate surface area is 244 Å². The second kappa shape index (κ2) is 9.28. The van der Waals surface area contributed by atoms with E-state index in [0.29, 0.717) is 12.8 Å². The van der Waals surface area contributed by atoms with E-state index in [-0.39, 0.29) is 56.7 Å². The number of hydrogen-bond donors (Lipinski definition) is 3. The summed E-state index contributed by atoms with van der Waals surface area (Å²) in [4.78, 5) is 50.2. The number of hydrogen-bond acceptors (Lipinski definition) is 4. The van der Waals surface area contributed by atoms with Crippen molar-refractivity contribution in [2.75, 3.05) is 0 Å². The molecule has 0 aromatic carbocycles. The number of carboxylic acids is 2. The van der Waals surface area contributed by atoms with Crippen molar-refractivity contribution in [3.8, 4) is 0 Å². The van der Waals surface area contributed by atoms with Crippen molar-refractivity contribution in [3.63, 3.8) is 0 Å². The highest BCUT2D eigenvalue weighted by atomic mass is 16.4. The van der Waals surface area contributed by atoms with E-state index in [0.717, 1.165) is 57.1 Å². The number of fused-ring (bicyclic) bond motifs is 7. The van der Waals surface area contributed by atoms with Gasteiger partial charge in [-0.3, -0.25) is 14.4 Å². The van der Waals surface area contributed by atoms with Gasteiger partial charge in [-0.25, -0.2) is 4.79 Å². The third kappa shape index (κ3) is 4.18. The van der Waals surface area contributed by atoms with Gasteiger partial charge in [-0.2, -0.15) is 0 Å². The van der Waals surface area contributed by atoms with Gasteiger partial charge in [0, 0.05) is 24.1 Å². The summed E-state index contributed by atoms with van der Waals surface area (Å²) < 4.78 is 0. The molecule has 0 radical (unpaired) electrons. The van der Waals surface area contributed by atoms with Gasteiger partial charge in [0.15, 0.2) is 5.78 Å². The Balaban J connectivity index is 1.50. The summed E-state index contributed by atoms with van der Waals surface area (Å²) in [6.45, 7) is 15.6. The van der Waals surface area contributed by atoms with Crippen molar-refractivity contribution >= 4 is 23.6 Å². The predicted octanol–water partition coefficient (Wildman–Crippen LogP) is 6.18. The quantitative estimate of drug-likeness (QED) is 0.349. The van der Waals surface area contributed by atoms with E-state index in [4.69, 9.17) is 5.11 Å². The average Bonchev–Trinajstić information content (AvgIpc) is 2.86. The van der Waals surface area contributed by atoms with Crippen molar-refractivity contribution < 1.29 is 29.4 Å². The normalized spacial score (nSPS) is 46.8. The zero-order valence-corrected chi connectivity index (χ0v) is 25.9. The van der Waals surface area contributed by atoms with Gasteiger partial charge in [0.2, 0.25) is 5.91 Å². The van der Waals surface area contributed by atoms with Crippen molar-refractivity contribution in [1.82, 2.24) is 5.32 Å². The van der Waals surface area contributed by atoms with Crippen LogP contribution in [0.5, 0.6) is 0 Å². The van der Waals surface area contributed by atoms with Gasteiger partial charge in [-0.05, 0) is 110 Å². The number of carbonyl (C=O) groups excluding carboxylic acids is 2. The van der Waals surface area contributed by atoms with Crippen LogP contribution in [0, 0.1) is 50.2 Å². The van der Waals surface area contributed by atoms with Gasteiger partial charge in [0.25, 0.3) is 0 Å². The van der Waals surface area contributed by atoms with Crippen LogP contribution in [-0.4, -0.2) is 39.9 Å². The zero-order chi connectivity index (χ0) is 30.4. The molecular formula is C34H49NO6. The highest BCUT2D eigenvalue weighted by molar-refractivity contribution is 5.96. The Kier molecular flexibility index (Phi) is 6.80. The van der Waals surface area contributed by atoms with Crippen LogP contribution in [0.1, 0.15) is 106 Å². The van der Waals surface area contributed by atoms with E-state index in [1.807, 2.05) is 13.0 Å². The highest BCUT2D eigenvalue weighted by Crippen LogP contribution is 2.75. The van der Waals surface area contributed by atoms with Crippen LogP contribution in [-0.2, 0) is 19.2 Å². The lowest BCUT2D eigenvalue weighted by atomic mass is 9.33. The number of aliphatic carboxylic acids is 2. The Morgan fingerprint density at radius 3 is 2.17 bits per heavy atom. The second-order valence-electron chi connectivity index (χ2n) is 16.2. The summed E-state index contributed by atoms with van der Waals surface area (Å²) in [7, 11) is 0. The summed E-state index contributed by atoms with van der Waals surface area (Å²) >= 11 is 0. The minimum Gasteiger partial charge on any atom is -0.481 e. The monoisotopic (exact) mass is 567 g/mol. The number of carbonyl (C=O) groups is 4. The molecule has 0 bridgehead atoms. The van der Waals surface area contributed by atoms with Crippen molar-refractivity contribution in [2.24, 2.45) is 50.2 Å². The van der Waals surface area contributed by atoms with E-state index in [1.165, 1.54) is 5.57 Å². The predicted molar refractivity (Wildman–Crippen MR) is 156 cm³/mol. The third-order valence-electron chi connectivity index (χ3n) is 13.8. The lowest BCUT2D eigenvalue weighted by Crippen LogP contribution is -2.67. The zero-order valence-electron chi connectivity index (χ0n) is 25.9. The molecule has 1 amide bonds. The first-order valence-corrected chi connectivity index (χ1v) is 15.5. The summed E-state index contributed by atoms with van der Waals surface area (Å²) in [5, 5.41) is 22.1. The maximum atomic E-state index is 14.5. The first kappa shape index (κ1) is 30.0. The Morgan fingerprint density at radius 2 is 1.54 bits per heavy atom. The van der Waals surface area contributed by atoms with Gasteiger partial charge in [0.1, 0.15) is 0 Å². The minimum atomic E-state index is -1.15. The van der Waals surface area contributed by atoms with Crippen LogP contribution >= 0.6 is 0 Å². The van der Waals surface area contributed by atoms with E-state index in [2.05, 4.69) is 46.9 Å². The molecule has 0 saturated heterocycles. The highest BCUT2D eigenvalue weighted by Gasteiger charge is 2.70. The van der Waals surface area contributed by atoms with Gasteiger partial charge >= 0.3 is 11.9 Å². The Hall–Kier alpha value is -2.44. The van der Waals surface area contributed by atoms with E-state index in [1.54, 1.807) is 0 Å². The second-order valence-corrected chi connectivity index (χ2v) is 16.2. The third-order valence-corrected chi connectivity index (χ3v) is 13.8. The fourth-order valence-corrected chi connectivity index (χ4v) is 11.0. The van der Waals surface area contributed by atoms with Gasteiger partial charge in [0.05, 0.1) is 5.41 Å². The molecule has 3 N–H and O–H groups in total. The smallest absolute Gasteiger partial charge is 0.328 e. The molecule has 4 saturated carbocycles. The number of carboxylic acid groups (broad SMARTS) is 2. The van der Waals surface area contributed by atoms with Crippen molar-refractivity contribution in [3.05, 3.63) is 23.8 Å². The number of ketones is 1. The van der Waals surface area contributed by atoms with E-state index >= 15 is 0 Å². The molecule has 0 spiro atoms. The van der Waals surface area contributed by atoms with Crippen LogP contribution < -0.4 is 5.32 Å². The largest absolute Gasteiger partial charge is 0.481 e. The van der Waals surface area contributed by atoms with Crippen molar-refractivity contribution in [1.29, 1.82) is 0 Å². The molecule has 5 aliphatic carbocycles. The average molecular weight is 568 g/mol. The molecule has 7 nitrogen and oxygen atoms in total. The molecule has 0 unspecified atom stereocenters. The maximum Gasteiger partial charge on any atom is 0.328 e.